The van der Waals surface area contributed by atoms with Gasteiger partial charge in [0.2, 0.25) is 0 Å². The molecule has 0 aliphatic carbocycles. The van der Waals surface area contributed by atoms with Gasteiger partial charge in [-0.3, -0.25) is 0 Å². The Kier molecular flexibility index (Phi) is 4.82. The van der Waals surface area contributed by atoms with Gasteiger partial charge in [0, 0.05) is 11.0 Å². The lowest BCUT2D eigenvalue weighted by molar-refractivity contribution is 0.218. The van der Waals surface area contributed by atoms with E-state index in [1.54, 1.807) is 7.11 Å². The Morgan fingerprint density at radius 2 is 1.60 bits per heavy atom. The molecule has 0 unspecified atom stereocenters. The minimum absolute atomic E-state index is 0.108. The van der Waals surface area contributed by atoms with Crippen molar-refractivity contribution in [1.82, 2.24) is 0 Å². The summed E-state index contributed by atoms with van der Waals surface area (Å²) >= 11 is 0. The minimum atomic E-state index is -0.287. The molecule has 0 bridgehead atoms. The zero-order valence-electron chi connectivity index (χ0n) is 15.5. The molecule has 2 nitrogen and oxygen atoms in total. The number of aliphatic hydroxyl groups is 1. The maximum atomic E-state index is 9.75. The summed E-state index contributed by atoms with van der Waals surface area (Å²) < 4.78 is 5.65. The number of aryl methyl sites for hydroxylation is 1. The van der Waals surface area contributed by atoms with E-state index in [-0.39, 0.29) is 12.0 Å². The zero-order valence-corrected chi connectivity index (χ0v) is 15.5. The second kappa shape index (κ2) is 6.89. The average Bonchev–Trinajstić information content (AvgIpc) is 2.66. The maximum Gasteiger partial charge on any atom is 0.126 e. The molecule has 0 radical (unpaired) electrons. The van der Waals surface area contributed by atoms with Crippen LogP contribution in [0.1, 0.15) is 31.9 Å². The summed E-state index contributed by atoms with van der Waals surface area (Å²) in [7, 11) is 1.71. The normalized spacial score (nSPS) is 11.7. The fourth-order valence-corrected chi connectivity index (χ4v) is 3.26. The van der Waals surface area contributed by atoms with E-state index in [9.17, 15) is 5.11 Å². The quantitative estimate of drug-likeness (QED) is 0.682. The molecule has 0 spiro atoms. The van der Waals surface area contributed by atoms with Gasteiger partial charge in [-0.05, 0) is 52.1 Å². The molecular formula is C23H26O2. The highest BCUT2D eigenvalue weighted by Crippen LogP contribution is 2.38. The fraction of sp³-hybridized carbons (Fsp3) is 0.304. The van der Waals surface area contributed by atoms with Gasteiger partial charge in [0.25, 0.3) is 0 Å². The van der Waals surface area contributed by atoms with E-state index in [2.05, 4.69) is 63.2 Å². The number of methoxy groups -OCH3 is 1. The third kappa shape index (κ3) is 3.27. The number of hydrogen-bond donors (Lipinski definition) is 1. The molecule has 3 aromatic rings. The van der Waals surface area contributed by atoms with Crippen LogP contribution in [0.2, 0.25) is 0 Å². The summed E-state index contributed by atoms with van der Waals surface area (Å²) in [6, 6.07) is 19.2. The van der Waals surface area contributed by atoms with E-state index in [4.69, 9.17) is 4.74 Å². The molecule has 0 heterocycles. The summed E-state index contributed by atoms with van der Waals surface area (Å²) in [4.78, 5) is 0. The van der Waals surface area contributed by atoms with Gasteiger partial charge in [0.1, 0.15) is 5.75 Å². The van der Waals surface area contributed by atoms with Crippen LogP contribution in [0.25, 0.3) is 21.9 Å². The van der Waals surface area contributed by atoms with Gasteiger partial charge in [-0.2, -0.15) is 0 Å². The van der Waals surface area contributed by atoms with Crippen molar-refractivity contribution in [1.29, 1.82) is 0 Å². The molecule has 2 heteroatoms. The molecule has 0 aliphatic rings. The smallest absolute Gasteiger partial charge is 0.126 e. The van der Waals surface area contributed by atoms with Crippen LogP contribution in [-0.4, -0.2) is 18.8 Å². The number of ether oxygens (including phenoxy) is 1. The van der Waals surface area contributed by atoms with Crippen LogP contribution in [0, 0.1) is 0 Å². The highest BCUT2D eigenvalue weighted by Gasteiger charge is 2.22. The fourth-order valence-electron chi connectivity index (χ4n) is 3.26. The van der Waals surface area contributed by atoms with Crippen LogP contribution in [-0.2, 0) is 11.8 Å². The van der Waals surface area contributed by atoms with Gasteiger partial charge in [0.05, 0.1) is 13.7 Å². The first kappa shape index (κ1) is 17.5. The van der Waals surface area contributed by atoms with Crippen molar-refractivity contribution in [3.63, 3.8) is 0 Å². The molecule has 0 saturated heterocycles. The van der Waals surface area contributed by atoms with Crippen LogP contribution in [0.15, 0.2) is 54.6 Å². The molecule has 0 atom stereocenters. The van der Waals surface area contributed by atoms with Crippen molar-refractivity contribution >= 4 is 10.8 Å². The van der Waals surface area contributed by atoms with Crippen LogP contribution in [0.3, 0.4) is 0 Å². The molecule has 25 heavy (non-hydrogen) atoms. The van der Waals surface area contributed by atoms with E-state index >= 15 is 0 Å². The zero-order chi connectivity index (χ0) is 18.0. The highest BCUT2D eigenvalue weighted by molar-refractivity contribution is 5.90. The monoisotopic (exact) mass is 334 g/mol. The molecule has 0 aliphatic heterocycles. The Labute approximate surface area is 150 Å². The van der Waals surface area contributed by atoms with E-state index < -0.39 is 0 Å². The second-order valence-electron chi connectivity index (χ2n) is 7.17. The first-order valence-corrected chi connectivity index (χ1v) is 8.81. The van der Waals surface area contributed by atoms with Gasteiger partial charge in [-0.1, -0.05) is 57.2 Å². The van der Waals surface area contributed by atoms with E-state index in [1.807, 2.05) is 12.1 Å². The van der Waals surface area contributed by atoms with Gasteiger partial charge < -0.3 is 9.84 Å². The van der Waals surface area contributed by atoms with Gasteiger partial charge in [-0.15, -0.1) is 0 Å². The summed E-state index contributed by atoms with van der Waals surface area (Å²) in [6.45, 7) is 6.40. The third-order valence-corrected chi connectivity index (χ3v) is 5.02. The standard InChI is InChI=1S/C23H26O2/c1-5-16-12-17-8-6-7-9-18(17)13-20(16)21-14-19(23(2,3)15-24)10-11-22(21)25-4/h6-14,24H,5,15H2,1-4H3. The molecule has 0 fully saturated rings. The molecule has 0 saturated carbocycles. The number of aliphatic hydroxyl groups excluding tert-OH is 1. The van der Waals surface area contributed by atoms with Gasteiger partial charge >= 0.3 is 0 Å². The van der Waals surface area contributed by atoms with E-state index in [0.717, 1.165) is 23.3 Å². The van der Waals surface area contributed by atoms with Crippen molar-refractivity contribution < 1.29 is 9.84 Å². The Balaban J connectivity index is 2.27. The van der Waals surface area contributed by atoms with Crippen molar-refractivity contribution in [3.8, 4) is 16.9 Å². The van der Waals surface area contributed by atoms with Crippen molar-refractivity contribution in [2.75, 3.05) is 13.7 Å². The molecule has 0 aromatic heterocycles. The maximum absolute atomic E-state index is 9.75. The summed E-state index contributed by atoms with van der Waals surface area (Å²) in [5.74, 6) is 0.863. The van der Waals surface area contributed by atoms with Gasteiger partial charge in [-0.25, -0.2) is 0 Å². The molecule has 3 aromatic carbocycles. The predicted octanol–water partition coefficient (Wildman–Crippen LogP) is 5.35. The number of benzene rings is 3. The number of fused-ring (bicyclic) bond motifs is 1. The third-order valence-electron chi connectivity index (χ3n) is 5.02. The van der Waals surface area contributed by atoms with E-state index in [1.165, 1.54) is 21.9 Å². The van der Waals surface area contributed by atoms with Crippen LogP contribution >= 0.6 is 0 Å². The largest absolute Gasteiger partial charge is 0.496 e. The lowest BCUT2D eigenvalue weighted by Gasteiger charge is -2.24. The molecule has 0 amide bonds. The summed E-state index contributed by atoms with van der Waals surface area (Å²) in [5, 5.41) is 12.2. The predicted molar refractivity (Wildman–Crippen MR) is 105 cm³/mol. The molecular weight excluding hydrogens is 308 g/mol. The second-order valence-corrected chi connectivity index (χ2v) is 7.17. The Bertz CT molecular complexity index is 894. The summed E-state index contributed by atoms with van der Waals surface area (Å²) in [6.07, 6.45) is 0.955. The van der Waals surface area contributed by atoms with Crippen molar-refractivity contribution in [2.24, 2.45) is 0 Å². The number of rotatable bonds is 5. The highest BCUT2D eigenvalue weighted by atomic mass is 16.5. The lowest BCUT2D eigenvalue weighted by atomic mass is 9.83. The van der Waals surface area contributed by atoms with Crippen LogP contribution < -0.4 is 4.74 Å². The number of hydrogen-bond acceptors (Lipinski definition) is 2. The Morgan fingerprint density at radius 1 is 0.920 bits per heavy atom. The molecule has 3 rings (SSSR count). The molecule has 130 valence electrons. The van der Waals surface area contributed by atoms with Crippen LogP contribution in [0.4, 0.5) is 0 Å². The Hall–Kier alpha value is -2.32. The van der Waals surface area contributed by atoms with E-state index in [0.29, 0.717) is 0 Å². The van der Waals surface area contributed by atoms with Crippen LogP contribution in [0.5, 0.6) is 5.75 Å². The first-order chi connectivity index (χ1) is 12.0. The van der Waals surface area contributed by atoms with Gasteiger partial charge in [0.15, 0.2) is 0 Å². The summed E-state index contributed by atoms with van der Waals surface area (Å²) in [5.41, 5.74) is 4.42. The minimum Gasteiger partial charge on any atom is -0.496 e. The van der Waals surface area contributed by atoms with Crippen molar-refractivity contribution in [2.45, 2.75) is 32.6 Å². The lowest BCUT2D eigenvalue weighted by Crippen LogP contribution is -2.22. The average molecular weight is 334 g/mol. The SMILES string of the molecule is CCc1cc2ccccc2cc1-c1cc(C(C)(C)CO)ccc1OC. The first-order valence-electron chi connectivity index (χ1n) is 8.81. The topological polar surface area (TPSA) is 29.5 Å². The molecule has 1 N–H and O–H groups in total. The Morgan fingerprint density at radius 3 is 2.20 bits per heavy atom. The van der Waals surface area contributed by atoms with Crippen molar-refractivity contribution in [3.05, 3.63) is 65.7 Å².